The predicted octanol–water partition coefficient (Wildman–Crippen LogP) is 15.1. The van der Waals surface area contributed by atoms with Crippen LogP contribution in [-0.4, -0.2) is 19.5 Å². The van der Waals surface area contributed by atoms with Crippen LogP contribution in [0.2, 0.25) is 0 Å². The van der Waals surface area contributed by atoms with Gasteiger partial charge in [-0.05, 0) is 95.1 Å². The van der Waals surface area contributed by atoms with E-state index in [1.165, 1.54) is 0 Å². The van der Waals surface area contributed by atoms with Crippen LogP contribution in [0.15, 0.2) is 215 Å². The molecule has 6 nitrogen and oxygen atoms in total. The monoisotopic (exact) mass is 806 g/mol. The first kappa shape index (κ1) is 35.2. The summed E-state index contributed by atoms with van der Waals surface area (Å²) in [5.74, 6) is 1.76. The normalized spacial score (nSPS) is 11.8. The van der Waals surface area contributed by atoms with E-state index in [0.29, 0.717) is 17.5 Å². The van der Waals surface area contributed by atoms with E-state index in [1.54, 1.807) is 0 Å². The van der Waals surface area contributed by atoms with Gasteiger partial charge < -0.3 is 13.4 Å². The Labute approximate surface area is 361 Å². The Hall–Kier alpha value is -8.61. The number of nitrogens with zero attached hydrogens (tertiary/aromatic N) is 4. The summed E-state index contributed by atoms with van der Waals surface area (Å²) in [5.41, 5.74) is 13.8. The van der Waals surface area contributed by atoms with E-state index in [9.17, 15) is 0 Å². The maximum atomic E-state index is 6.58. The summed E-state index contributed by atoms with van der Waals surface area (Å²) in [6.07, 6.45) is 0. The van der Waals surface area contributed by atoms with Gasteiger partial charge >= 0.3 is 0 Å². The number of aromatic nitrogens is 4. The maximum absolute atomic E-state index is 6.58. The molecule has 0 aliphatic carbocycles. The van der Waals surface area contributed by atoms with Crippen LogP contribution in [0.25, 0.3) is 128 Å². The number of hydrogen-bond acceptors (Lipinski definition) is 5. The zero-order valence-corrected chi connectivity index (χ0v) is 33.7. The number of rotatable bonds is 6. The van der Waals surface area contributed by atoms with Crippen LogP contribution in [0.5, 0.6) is 0 Å². The molecule has 0 fully saturated rings. The van der Waals surface area contributed by atoms with E-state index in [-0.39, 0.29) is 0 Å². The molecule has 13 rings (SSSR count). The number of hydrogen-bond donors (Lipinski definition) is 0. The number of fused-ring (bicyclic) bond motifs is 9. The van der Waals surface area contributed by atoms with Crippen LogP contribution >= 0.6 is 0 Å². The van der Waals surface area contributed by atoms with Crippen molar-refractivity contribution in [1.29, 1.82) is 0 Å². The molecule has 4 heterocycles. The Balaban J connectivity index is 0.999. The first-order valence-corrected chi connectivity index (χ1v) is 21.1. The lowest BCUT2D eigenvalue weighted by molar-refractivity contribution is 0.669. The first-order valence-electron chi connectivity index (χ1n) is 21.1. The lowest BCUT2D eigenvalue weighted by Crippen LogP contribution is -2.00. The molecule has 0 saturated heterocycles. The van der Waals surface area contributed by atoms with E-state index < -0.39 is 0 Å². The molecule has 0 N–H and O–H groups in total. The third-order valence-corrected chi connectivity index (χ3v) is 12.3. The van der Waals surface area contributed by atoms with Crippen molar-refractivity contribution in [2.45, 2.75) is 0 Å². The van der Waals surface area contributed by atoms with Crippen LogP contribution in [0.4, 0.5) is 0 Å². The number of furan rings is 2. The average molecular weight is 807 g/mol. The van der Waals surface area contributed by atoms with Gasteiger partial charge in [0.05, 0.1) is 11.0 Å². The molecule has 0 radical (unpaired) electrons. The quantitative estimate of drug-likeness (QED) is 0.167. The second kappa shape index (κ2) is 14.0. The van der Waals surface area contributed by atoms with Gasteiger partial charge in [-0.3, -0.25) is 0 Å². The van der Waals surface area contributed by atoms with E-state index in [0.717, 1.165) is 110 Å². The third-order valence-electron chi connectivity index (χ3n) is 12.3. The van der Waals surface area contributed by atoms with Gasteiger partial charge in [-0.25, -0.2) is 15.0 Å². The molecule has 0 aliphatic heterocycles. The molecule has 0 saturated carbocycles. The van der Waals surface area contributed by atoms with Crippen molar-refractivity contribution in [1.82, 2.24) is 19.5 Å². The van der Waals surface area contributed by atoms with Gasteiger partial charge in [0, 0.05) is 54.7 Å². The van der Waals surface area contributed by atoms with Crippen molar-refractivity contribution < 1.29 is 8.83 Å². The largest absolute Gasteiger partial charge is 0.456 e. The summed E-state index contributed by atoms with van der Waals surface area (Å²) in [6.45, 7) is 0. The molecule has 0 unspecified atom stereocenters. The highest BCUT2D eigenvalue weighted by Crippen LogP contribution is 2.43. The van der Waals surface area contributed by atoms with Gasteiger partial charge in [0.2, 0.25) is 0 Å². The standard InChI is InChI=1S/C57H34N4O2/c1-4-14-35(15-5-1)37-27-30-49-45(32-37)53-41(21-12-24-51(53)62-49)38-28-31-50-46(33-38)54-43(22-13-25-52(54)63-50)57-59-55(36-16-6-2-7-17-36)58-56(60-57)39-26-29-48-44(34-39)42-20-10-11-23-47(42)61(48)40-18-8-3-9-19-40/h1-34H. The molecule has 0 bridgehead atoms. The van der Waals surface area contributed by atoms with Crippen LogP contribution in [0.3, 0.4) is 0 Å². The fraction of sp³-hybridized carbons (Fsp3) is 0. The van der Waals surface area contributed by atoms with Gasteiger partial charge in [0.1, 0.15) is 22.3 Å². The van der Waals surface area contributed by atoms with Gasteiger partial charge in [0.25, 0.3) is 0 Å². The molecule has 9 aromatic carbocycles. The Morgan fingerprint density at radius 3 is 1.56 bits per heavy atom. The highest BCUT2D eigenvalue weighted by Gasteiger charge is 2.21. The van der Waals surface area contributed by atoms with Crippen molar-refractivity contribution in [3.05, 3.63) is 206 Å². The lowest BCUT2D eigenvalue weighted by Gasteiger charge is -2.10. The third kappa shape index (κ3) is 5.69. The molecule has 0 amide bonds. The molecule has 294 valence electrons. The van der Waals surface area contributed by atoms with Gasteiger partial charge in [-0.2, -0.15) is 0 Å². The zero-order valence-electron chi connectivity index (χ0n) is 33.7. The van der Waals surface area contributed by atoms with E-state index >= 15 is 0 Å². The zero-order chi connectivity index (χ0) is 41.4. The van der Waals surface area contributed by atoms with E-state index in [2.05, 4.69) is 156 Å². The highest BCUT2D eigenvalue weighted by molar-refractivity contribution is 6.16. The van der Waals surface area contributed by atoms with Crippen LogP contribution in [0, 0.1) is 0 Å². The maximum Gasteiger partial charge on any atom is 0.164 e. The molecule has 4 aromatic heterocycles. The van der Waals surface area contributed by atoms with E-state index in [1.807, 2.05) is 54.6 Å². The van der Waals surface area contributed by atoms with Crippen molar-refractivity contribution in [2.24, 2.45) is 0 Å². The summed E-state index contributed by atoms with van der Waals surface area (Å²) >= 11 is 0. The highest BCUT2D eigenvalue weighted by atomic mass is 16.3. The number of para-hydroxylation sites is 2. The smallest absolute Gasteiger partial charge is 0.164 e. The molecule has 6 heteroatoms. The summed E-state index contributed by atoms with van der Waals surface area (Å²) in [7, 11) is 0. The topological polar surface area (TPSA) is 69.9 Å². The average Bonchev–Trinajstić information content (AvgIpc) is 4.03. The van der Waals surface area contributed by atoms with Crippen LogP contribution in [0.1, 0.15) is 0 Å². The van der Waals surface area contributed by atoms with Crippen LogP contribution < -0.4 is 0 Å². The van der Waals surface area contributed by atoms with Crippen molar-refractivity contribution >= 4 is 65.7 Å². The Kier molecular flexibility index (Phi) is 7.80. The lowest BCUT2D eigenvalue weighted by atomic mass is 9.96. The fourth-order valence-corrected chi connectivity index (χ4v) is 9.37. The SMILES string of the molecule is c1ccc(-c2ccc3oc4cccc(-c5ccc6oc7cccc(-c8nc(-c9ccccc9)nc(-c9ccc%10c(c9)c9ccccc9n%10-c9ccccc9)n8)c7c6c5)c4c3c2)cc1. The molecule has 0 atom stereocenters. The summed E-state index contributed by atoms with van der Waals surface area (Å²) < 4.78 is 15.3. The summed E-state index contributed by atoms with van der Waals surface area (Å²) in [5, 5.41) is 6.37. The molecule has 63 heavy (non-hydrogen) atoms. The van der Waals surface area contributed by atoms with E-state index in [4.69, 9.17) is 23.8 Å². The van der Waals surface area contributed by atoms with Gasteiger partial charge in [0.15, 0.2) is 17.5 Å². The van der Waals surface area contributed by atoms with Crippen molar-refractivity contribution in [2.75, 3.05) is 0 Å². The molecule has 0 aliphatic rings. The Morgan fingerprint density at radius 2 is 0.825 bits per heavy atom. The van der Waals surface area contributed by atoms with Gasteiger partial charge in [-0.1, -0.05) is 133 Å². The van der Waals surface area contributed by atoms with Crippen molar-refractivity contribution in [3.63, 3.8) is 0 Å². The minimum Gasteiger partial charge on any atom is -0.456 e. The Morgan fingerprint density at radius 1 is 0.302 bits per heavy atom. The summed E-state index contributed by atoms with van der Waals surface area (Å²) in [4.78, 5) is 15.6. The molecule has 0 spiro atoms. The minimum atomic E-state index is 0.570. The predicted molar refractivity (Wildman–Crippen MR) is 256 cm³/mol. The number of benzene rings is 9. The first-order chi connectivity index (χ1) is 31.2. The Bertz CT molecular complexity index is 3900. The van der Waals surface area contributed by atoms with Gasteiger partial charge in [-0.15, -0.1) is 0 Å². The molecular weight excluding hydrogens is 773 g/mol. The fourth-order valence-electron chi connectivity index (χ4n) is 9.37. The second-order valence-corrected chi connectivity index (χ2v) is 15.9. The van der Waals surface area contributed by atoms with Crippen molar-refractivity contribution in [3.8, 4) is 62.1 Å². The molecular formula is C57H34N4O2. The molecule has 13 aromatic rings. The second-order valence-electron chi connectivity index (χ2n) is 15.9. The van der Waals surface area contributed by atoms with Crippen LogP contribution in [-0.2, 0) is 0 Å². The minimum absolute atomic E-state index is 0.570. The summed E-state index contributed by atoms with van der Waals surface area (Å²) in [6, 6.07) is 71.5.